The minimum atomic E-state index is -3.60. The maximum Gasteiger partial charge on any atom is 0.243 e. The van der Waals surface area contributed by atoms with Crippen molar-refractivity contribution >= 4 is 33.0 Å². The monoisotopic (exact) mass is 474 g/mol. The lowest BCUT2D eigenvalue weighted by Gasteiger charge is -2.20. The average Bonchev–Trinajstić information content (AvgIpc) is 2.76. The Morgan fingerprint density at radius 1 is 0.909 bits per heavy atom. The third kappa shape index (κ3) is 6.95. The van der Waals surface area contributed by atoms with E-state index in [1.54, 1.807) is 18.2 Å². The number of unbranched alkanes of at least 4 members (excludes halogenated alkanes) is 1. The van der Waals surface area contributed by atoms with Gasteiger partial charge in [-0.2, -0.15) is 4.31 Å². The summed E-state index contributed by atoms with van der Waals surface area (Å²) in [5.41, 5.74) is 5.34. The number of anilines is 3. The number of nitrogens with zero attached hydrogens (tertiary/aromatic N) is 1. The lowest BCUT2D eigenvalue weighted by Crippen LogP contribution is -2.30. The number of benzene rings is 2. The molecule has 0 spiro atoms. The van der Waals surface area contributed by atoms with Crippen molar-refractivity contribution in [3.05, 3.63) is 47.0 Å². The van der Waals surface area contributed by atoms with Crippen LogP contribution in [0.2, 0.25) is 0 Å². The van der Waals surface area contributed by atoms with Gasteiger partial charge in [-0.15, -0.1) is 0 Å². The van der Waals surface area contributed by atoms with Crippen LogP contribution in [0.25, 0.3) is 0 Å². The highest BCUT2D eigenvalue weighted by atomic mass is 32.2. The van der Waals surface area contributed by atoms with Gasteiger partial charge in [0, 0.05) is 25.3 Å². The van der Waals surface area contributed by atoms with Crippen LogP contribution < -0.4 is 16.0 Å². The van der Waals surface area contributed by atoms with Gasteiger partial charge >= 0.3 is 0 Å². The molecular weight excluding hydrogens is 436 g/mol. The summed E-state index contributed by atoms with van der Waals surface area (Å²) in [6.07, 6.45) is 2.03. The lowest BCUT2D eigenvalue weighted by molar-refractivity contribution is -0.114. The Hall–Kier alpha value is -2.58. The highest BCUT2D eigenvalue weighted by Gasteiger charge is 2.23. The lowest BCUT2D eigenvalue weighted by atomic mass is 10.1. The summed E-state index contributed by atoms with van der Waals surface area (Å²) in [6, 6.07) is 9.06. The molecule has 2 aromatic rings. The molecule has 0 radical (unpaired) electrons. The third-order valence-electron chi connectivity index (χ3n) is 5.56. The predicted molar refractivity (Wildman–Crippen MR) is 138 cm³/mol. The molecule has 8 heteroatoms. The first kappa shape index (κ1) is 26.7. The van der Waals surface area contributed by atoms with Crippen LogP contribution in [0.5, 0.6) is 0 Å². The van der Waals surface area contributed by atoms with E-state index < -0.39 is 10.0 Å². The molecule has 0 heterocycles. The maximum atomic E-state index is 13.0. The summed E-state index contributed by atoms with van der Waals surface area (Å²) in [7, 11) is -3.60. The van der Waals surface area contributed by atoms with E-state index >= 15 is 0 Å². The summed E-state index contributed by atoms with van der Waals surface area (Å²) in [5, 5.41) is 9.47. The van der Waals surface area contributed by atoms with Crippen molar-refractivity contribution in [2.24, 2.45) is 0 Å². The van der Waals surface area contributed by atoms with Gasteiger partial charge in [0.15, 0.2) is 0 Å². The number of hydrogen-bond acceptors (Lipinski definition) is 5. The molecule has 0 saturated carbocycles. The number of hydrogen-bond donors (Lipinski definition) is 3. The zero-order valence-electron chi connectivity index (χ0n) is 20.7. The average molecular weight is 475 g/mol. The fourth-order valence-corrected chi connectivity index (χ4v) is 5.32. The second-order valence-electron chi connectivity index (χ2n) is 8.25. The smallest absolute Gasteiger partial charge is 0.243 e. The van der Waals surface area contributed by atoms with E-state index in [0.29, 0.717) is 18.8 Å². The quantitative estimate of drug-likeness (QED) is 0.381. The van der Waals surface area contributed by atoms with Gasteiger partial charge in [-0.05, 0) is 56.5 Å². The van der Waals surface area contributed by atoms with Crippen molar-refractivity contribution in [1.82, 2.24) is 4.31 Å². The number of amides is 1. The van der Waals surface area contributed by atoms with Crippen molar-refractivity contribution in [1.29, 1.82) is 0 Å². The molecule has 0 saturated heterocycles. The summed E-state index contributed by atoms with van der Waals surface area (Å²) in [6.45, 7) is 13.3. The van der Waals surface area contributed by atoms with E-state index in [0.717, 1.165) is 47.5 Å². The Labute approximate surface area is 199 Å². The van der Waals surface area contributed by atoms with Crippen molar-refractivity contribution < 1.29 is 13.2 Å². The first-order chi connectivity index (χ1) is 15.6. The molecule has 0 aliphatic rings. The van der Waals surface area contributed by atoms with E-state index in [1.807, 2.05) is 46.8 Å². The van der Waals surface area contributed by atoms with Gasteiger partial charge < -0.3 is 16.0 Å². The maximum absolute atomic E-state index is 13.0. The molecule has 0 aliphatic carbocycles. The van der Waals surface area contributed by atoms with Gasteiger partial charge in [-0.25, -0.2) is 8.42 Å². The Balaban J connectivity index is 2.25. The molecular formula is C25H38N4O3S. The summed E-state index contributed by atoms with van der Waals surface area (Å²) >= 11 is 0. The predicted octanol–water partition coefficient (Wildman–Crippen LogP) is 4.90. The molecule has 0 aromatic heterocycles. The largest absolute Gasteiger partial charge is 0.383 e. The van der Waals surface area contributed by atoms with Gasteiger partial charge in [-0.3, -0.25) is 4.79 Å². The van der Waals surface area contributed by atoms with E-state index in [2.05, 4.69) is 22.9 Å². The molecule has 3 N–H and O–H groups in total. The van der Waals surface area contributed by atoms with Gasteiger partial charge in [-0.1, -0.05) is 44.9 Å². The number of sulfonamides is 1. The third-order valence-corrected chi connectivity index (χ3v) is 7.61. The highest BCUT2D eigenvalue weighted by molar-refractivity contribution is 7.89. The van der Waals surface area contributed by atoms with Gasteiger partial charge in [0.25, 0.3) is 0 Å². The molecule has 182 valence electrons. The fraction of sp³-hybridized carbons (Fsp3) is 0.480. The van der Waals surface area contributed by atoms with Crippen LogP contribution in [0.3, 0.4) is 0 Å². The molecule has 33 heavy (non-hydrogen) atoms. The molecule has 0 atom stereocenters. The number of aryl methyl sites for hydroxylation is 3. The first-order valence-corrected chi connectivity index (χ1v) is 13.1. The minimum absolute atomic E-state index is 0.0178. The zero-order chi connectivity index (χ0) is 24.6. The van der Waals surface area contributed by atoms with Gasteiger partial charge in [0.2, 0.25) is 15.9 Å². The van der Waals surface area contributed by atoms with Crippen LogP contribution in [0.15, 0.2) is 35.2 Å². The van der Waals surface area contributed by atoms with Crippen molar-refractivity contribution in [3.63, 3.8) is 0 Å². The first-order valence-electron chi connectivity index (χ1n) is 11.6. The van der Waals surface area contributed by atoms with Crippen molar-refractivity contribution in [2.75, 3.05) is 42.1 Å². The highest BCUT2D eigenvalue weighted by Crippen LogP contribution is 2.28. The number of rotatable bonds is 12. The molecule has 0 fully saturated rings. The van der Waals surface area contributed by atoms with Crippen LogP contribution in [-0.2, 0) is 14.8 Å². The molecule has 0 unspecified atom stereocenters. The standard InChI is InChI=1S/C25H38N4O3S/c1-7-10-13-26-22-12-11-21(33(31,32)29(8-2)9-3)16-23(22)27-17-24(30)28-25-19(5)14-18(4)15-20(25)6/h11-12,14-16,26-27H,7-10,13,17H2,1-6H3,(H,28,30). The van der Waals surface area contributed by atoms with Crippen molar-refractivity contribution in [3.8, 4) is 0 Å². The number of carbonyl (C=O) groups excluding carboxylic acids is 1. The molecule has 0 bridgehead atoms. The number of carbonyl (C=O) groups is 1. The normalized spacial score (nSPS) is 11.5. The Bertz CT molecular complexity index is 1040. The molecule has 0 aliphatic heterocycles. The van der Waals surface area contributed by atoms with E-state index in [9.17, 15) is 13.2 Å². The minimum Gasteiger partial charge on any atom is -0.383 e. The Morgan fingerprint density at radius 2 is 1.55 bits per heavy atom. The summed E-state index contributed by atoms with van der Waals surface area (Å²) in [5.74, 6) is -0.193. The van der Waals surface area contributed by atoms with Crippen LogP contribution in [0.1, 0.15) is 50.3 Å². The Kier molecular flexibility index (Phi) is 9.73. The topological polar surface area (TPSA) is 90.5 Å². The summed E-state index contributed by atoms with van der Waals surface area (Å²) < 4.78 is 27.4. The Morgan fingerprint density at radius 3 is 2.12 bits per heavy atom. The van der Waals surface area contributed by atoms with E-state index in [-0.39, 0.29) is 17.3 Å². The van der Waals surface area contributed by atoms with Crippen LogP contribution in [-0.4, -0.2) is 44.8 Å². The van der Waals surface area contributed by atoms with E-state index in [4.69, 9.17) is 0 Å². The fourth-order valence-electron chi connectivity index (χ4n) is 3.83. The van der Waals surface area contributed by atoms with Crippen LogP contribution >= 0.6 is 0 Å². The second-order valence-corrected chi connectivity index (χ2v) is 10.2. The van der Waals surface area contributed by atoms with Gasteiger partial charge in [0.05, 0.1) is 22.8 Å². The second kappa shape index (κ2) is 12.0. The van der Waals surface area contributed by atoms with Crippen molar-refractivity contribution in [2.45, 2.75) is 59.3 Å². The van der Waals surface area contributed by atoms with Gasteiger partial charge in [0.1, 0.15) is 0 Å². The zero-order valence-corrected chi connectivity index (χ0v) is 21.5. The molecule has 7 nitrogen and oxygen atoms in total. The SMILES string of the molecule is CCCCNc1ccc(S(=O)(=O)N(CC)CC)cc1NCC(=O)Nc1c(C)cc(C)cc1C. The van der Waals surface area contributed by atoms with E-state index in [1.165, 1.54) is 4.31 Å². The molecule has 2 rings (SSSR count). The van der Waals surface area contributed by atoms with Crippen LogP contribution in [0.4, 0.5) is 17.1 Å². The summed E-state index contributed by atoms with van der Waals surface area (Å²) in [4.78, 5) is 12.9. The number of nitrogens with one attached hydrogen (secondary N) is 3. The van der Waals surface area contributed by atoms with Crippen LogP contribution in [0, 0.1) is 20.8 Å². The molecule has 1 amide bonds. The molecule has 2 aromatic carbocycles.